The second-order valence-electron chi connectivity index (χ2n) is 3.47. The van der Waals surface area contributed by atoms with Gasteiger partial charge in [-0.3, -0.25) is 4.79 Å². The van der Waals surface area contributed by atoms with Gasteiger partial charge in [0.05, 0.1) is 12.2 Å². The molecule has 1 heterocycles. The molecule has 1 amide bonds. The summed E-state index contributed by atoms with van der Waals surface area (Å²) in [5, 5.41) is 2.39. The molecule has 1 rings (SSSR count). The van der Waals surface area contributed by atoms with Gasteiger partial charge < -0.3 is 15.5 Å². The van der Waals surface area contributed by atoms with E-state index in [-0.39, 0.29) is 24.5 Å². The van der Waals surface area contributed by atoms with Crippen LogP contribution in [0.25, 0.3) is 0 Å². The van der Waals surface area contributed by atoms with E-state index in [1.54, 1.807) is 0 Å². The molecule has 0 aromatic carbocycles. The van der Waals surface area contributed by atoms with Crippen molar-refractivity contribution in [1.82, 2.24) is 10.3 Å². The van der Waals surface area contributed by atoms with E-state index < -0.39 is 18.7 Å². The number of aromatic nitrogens is 1. The SMILES string of the molecule is NNc1ncccc1C(=O)NCCOCC(F)(F)F. The van der Waals surface area contributed by atoms with Crippen LogP contribution in [-0.4, -0.2) is 36.8 Å². The smallest absolute Gasteiger partial charge is 0.370 e. The molecule has 0 aliphatic carbocycles. The minimum atomic E-state index is -4.37. The van der Waals surface area contributed by atoms with Gasteiger partial charge in [0.15, 0.2) is 5.82 Å². The lowest BCUT2D eigenvalue weighted by atomic mass is 10.2. The van der Waals surface area contributed by atoms with E-state index in [1.807, 2.05) is 0 Å². The van der Waals surface area contributed by atoms with Gasteiger partial charge in [-0.2, -0.15) is 13.2 Å². The van der Waals surface area contributed by atoms with E-state index in [2.05, 4.69) is 20.5 Å². The van der Waals surface area contributed by atoms with Crippen LogP contribution in [0.15, 0.2) is 18.3 Å². The summed E-state index contributed by atoms with van der Waals surface area (Å²) in [5.41, 5.74) is 2.44. The summed E-state index contributed by atoms with van der Waals surface area (Å²) in [6.45, 7) is -1.63. The Hall–Kier alpha value is -1.87. The molecule has 9 heteroatoms. The zero-order chi connectivity index (χ0) is 14.3. The number of ether oxygens (including phenoxy) is 1. The number of pyridine rings is 1. The van der Waals surface area contributed by atoms with Crippen LogP contribution < -0.4 is 16.6 Å². The Balaban J connectivity index is 2.35. The third-order valence-corrected chi connectivity index (χ3v) is 1.99. The van der Waals surface area contributed by atoms with Crippen molar-refractivity contribution in [3.05, 3.63) is 23.9 Å². The molecular formula is C10H13F3N4O2. The molecule has 0 spiro atoms. The number of carbonyl (C=O) groups is 1. The lowest BCUT2D eigenvalue weighted by Crippen LogP contribution is -2.30. The number of hydrazine groups is 1. The summed E-state index contributed by atoms with van der Waals surface area (Å²) in [7, 11) is 0. The zero-order valence-corrected chi connectivity index (χ0v) is 9.83. The number of nitrogen functional groups attached to an aromatic ring is 1. The van der Waals surface area contributed by atoms with Gasteiger partial charge in [-0.1, -0.05) is 0 Å². The van der Waals surface area contributed by atoms with Crippen LogP contribution in [0.1, 0.15) is 10.4 Å². The quantitative estimate of drug-likeness (QED) is 0.404. The molecule has 0 aliphatic heterocycles. The number of nitrogens with two attached hydrogens (primary N) is 1. The highest BCUT2D eigenvalue weighted by molar-refractivity contribution is 5.98. The van der Waals surface area contributed by atoms with Gasteiger partial charge in [-0.15, -0.1) is 0 Å². The van der Waals surface area contributed by atoms with Crippen LogP contribution in [0.2, 0.25) is 0 Å². The standard InChI is InChI=1S/C10H13F3N4O2/c11-10(12,13)6-19-5-4-16-9(18)7-2-1-3-15-8(7)17-14/h1-3H,4-6,14H2,(H,15,17)(H,16,18). The van der Waals surface area contributed by atoms with Crippen LogP contribution in [-0.2, 0) is 4.74 Å². The highest BCUT2D eigenvalue weighted by atomic mass is 19.4. The highest BCUT2D eigenvalue weighted by Gasteiger charge is 2.27. The summed E-state index contributed by atoms with van der Waals surface area (Å²) in [6.07, 6.45) is -2.93. The predicted molar refractivity (Wildman–Crippen MR) is 61.3 cm³/mol. The highest BCUT2D eigenvalue weighted by Crippen LogP contribution is 2.14. The summed E-state index contributed by atoms with van der Waals surface area (Å²) < 4.78 is 39.6. The molecule has 0 aliphatic rings. The van der Waals surface area contributed by atoms with E-state index in [0.717, 1.165) is 0 Å². The van der Waals surface area contributed by atoms with Gasteiger partial charge in [-0.25, -0.2) is 10.8 Å². The fraction of sp³-hybridized carbons (Fsp3) is 0.400. The first-order chi connectivity index (χ1) is 8.94. The summed E-state index contributed by atoms with van der Waals surface area (Å²) >= 11 is 0. The average Bonchev–Trinajstić information content (AvgIpc) is 2.36. The van der Waals surface area contributed by atoms with Gasteiger partial charge in [0, 0.05) is 12.7 Å². The molecule has 0 atom stereocenters. The number of rotatable bonds is 6. The Labute approximate surface area is 107 Å². The van der Waals surface area contributed by atoms with E-state index in [0.29, 0.717) is 0 Å². The first-order valence-corrected chi connectivity index (χ1v) is 5.28. The second-order valence-corrected chi connectivity index (χ2v) is 3.47. The molecular weight excluding hydrogens is 265 g/mol. The maximum Gasteiger partial charge on any atom is 0.411 e. The van der Waals surface area contributed by atoms with Gasteiger partial charge >= 0.3 is 6.18 Å². The van der Waals surface area contributed by atoms with Gasteiger partial charge in [0.25, 0.3) is 5.91 Å². The van der Waals surface area contributed by atoms with Gasteiger partial charge in [-0.05, 0) is 12.1 Å². The van der Waals surface area contributed by atoms with Crippen molar-refractivity contribution in [2.24, 2.45) is 5.84 Å². The molecule has 0 fully saturated rings. The van der Waals surface area contributed by atoms with E-state index in [9.17, 15) is 18.0 Å². The number of anilines is 1. The monoisotopic (exact) mass is 278 g/mol. The molecule has 4 N–H and O–H groups in total. The average molecular weight is 278 g/mol. The van der Waals surface area contributed by atoms with Crippen LogP contribution in [0.3, 0.4) is 0 Å². The number of carbonyl (C=O) groups excluding carboxylic acids is 1. The fourth-order valence-corrected chi connectivity index (χ4v) is 1.22. The minimum Gasteiger partial charge on any atom is -0.370 e. The van der Waals surface area contributed by atoms with Crippen molar-refractivity contribution in [2.75, 3.05) is 25.2 Å². The van der Waals surface area contributed by atoms with Gasteiger partial charge in [0.2, 0.25) is 0 Å². The topological polar surface area (TPSA) is 89.3 Å². The van der Waals surface area contributed by atoms with E-state index >= 15 is 0 Å². The summed E-state index contributed by atoms with van der Waals surface area (Å²) in [6, 6.07) is 3.02. The van der Waals surface area contributed by atoms with Crippen LogP contribution in [0, 0.1) is 0 Å². The van der Waals surface area contributed by atoms with Crippen LogP contribution >= 0.6 is 0 Å². The fourth-order valence-electron chi connectivity index (χ4n) is 1.22. The molecule has 0 bridgehead atoms. The Morgan fingerprint density at radius 1 is 1.47 bits per heavy atom. The Bertz CT molecular complexity index is 425. The molecule has 0 unspecified atom stereocenters. The maximum absolute atomic E-state index is 11.8. The van der Waals surface area contributed by atoms with Crippen molar-refractivity contribution in [1.29, 1.82) is 0 Å². The van der Waals surface area contributed by atoms with Gasteiger partial charge in [0.1, 0.15) is 6.61 Å². The molecule has 0 saturated carbocycles. The first kappa shape index (κ1) is 15.2. The van der Waals surface area contributed by atoms with Crippen molar-refractivity contribution < 1.29 is 22.7 Å². The number of nitrogens with zero attached hydrogens (tertiary/aromatic N) is 1. The third kappa shape index (κ3) is 5.53. The predicted octanol–water partition coefficient (Wildman–Crippen LogP) is 0.676. The molecule has 1 aromatic heterocycles. The Morgan fingerprint density at radius 3 is 2.84 bits per heavy atom. The van der Waals surface area contributed by atoms with Crippen LogP contribution in [0.5, 0.6) is 0 Å². The second kappa shape index (κ2) is 6.90. The molecule has 6 nitrogen and oxygen atoms in total. The number of halogens is 3. The van der Waals surface area contributed by atoms with E-state index in [4.69, 9.17) is 5.84 Å². The molecule has 106 valence electrons. The van der Waals surface area contributed by atoms with Crippen molar-refractivity contribution >= 4 is 11.7 Å². The normalized spacial score (nSPS) is 11.2. The third-order valence-electron chi connectivity index (χ3n) is 1.99. The first-order valence-electron chi connectivity index (χ1n) is 5.28. The van der Waals surface area contributed by atoms with Crippen molar-refractivity contribution in [3.8, 4) is 0 Å². The molecule has 0 saturated heterocycles. The number of nitrogens with one attached hydrogen (secondary N) is 2. The number of hydrogen-bond acceptors (Lipinski definition) is 5. The number of amides is 1. The minimum absolute atomic E-state index is 0.0478. The summed E-state index contributed by atoms with van der Waals surface area (Å²) in [4.78, 5) is 15.5. The van der Waals surface area contributed by atoms with Crippen LogP contribution in [0.4, 0.5) is 19.0 Å². The van der Waals surface area contributed by atoms with E-state index in [1.165, 1.54) is 18.3 Å². The molecule has 1 aromatic rings. The Morgan fingerprint density at radius 2 is 2.21 bits per heavy atom. The van der Waals surface area contributed by atoms with Crippen molar-refractivity contribution in [3.63, 3.8) is 0 Å². The number of alkyl halides is 3. The molecule has 19 heavy (non-hydrogen) atoms. The lowest BCUT2D eigenvalue weighted by Gasteiger charge is -2.10. The lowest BCUT2D eigenvalue weighted by molar-refractivity contribution is -0.173. The van der Waals surface area contributed by atoms with Crippen molar-refractivity contribution in [2.45, 2.75) is 6.18 Å². The largest absolute Gasteiger partial charge is 0.411 e. The summed E-state index contributed by atoms with van der Waals surface area (Å²) in [5.74, 6) is 4.84. The Kier molecular flexibility index (Phi) is 5.52. The molecule has 0 radical (unpaired) electrons. The maximum atomic E-state index is 11.8. The number of hydrogen-bond donors (Lipinski definition) is 3. The zero-order valence-electron chi connectivity index (χ0n) is 9.83.